The van der Waals surface area contributed by atoms with Crippen LogP contribution in [0.5, 0.6) is 0 Å². The Balaban J connectivity index is 0.00000162. The van der Waals surface area contributed by atoms with E-state index in [0.717, 1.165) is 31.5 Å². The number of carbonyl (C=O) groups is 1. The van der Waals surface area contributed by atoms with Gasteiger partial charge < -0.3 is 10.6 Å². The zero-order chi connectivity index (χ0) is 12.3. The molecule has 1 amide bonds. The van der Waals surface area contributed by atoms with Crippen LogP contribution in [-0.2, 0) is 0 Å². The summed E-state index contributed by atoms with van der Waals surface area (Å²) in [7, 11) is 0. The summed E-state index contributed by atoms with van der Waals surface area (Å²) >= 11 is 0. The van der Waals surface area contributed by atoms with E-state index < -0.39 is 0 Å². The molecule has 100 valence electrons. The molecule has 3 nitrogen and oxygen atoms in total. The highest BCUT2D eigenvalue weighted by molar-refractivity contribution is 5.94. The van der Waals surface area contributed by atoms with Gasteiger partial charge >= 0.3 is 0 Å². The van der Waals surface area contributed by atoms with Crippen LogP contribution in [0.1, 0.15) is 34.3 Å². The molecule has 2 N–H and O–H groups in total. The van der Waals surface area contributed by atoms with Gasteiger partial charge in [0.05, 0.1) is 0 Å². The van der Waals surface area contributed by atoms with Gasteiger partial charge in [-0.1, -0.05) is 6.07 Å². The molecule has 18 heavy (non-hydrogen) atoms. The number of hydrogen-bond acceptors (Lipinski definition) is 2. The Hall–Kier alpha value is -1.06. The molecule has 4 heteroatoms. The van der Waals surface area contributed by atoms with Gasteiger partial charge in [-0.25, -0.2) is 0 Å². The first-order valence-electron chi connectivity index (χ1n) is 6.25. The summed E-state index contributed by atoms with van der Waals surface area (Å²) in [6, 6.07) is 6.14. The Kier molecular flexibility index (Phi) is 5.63. The first kappa shape index (κ1) is 15.0. The quantitative estimate of drug-likeness (QED) is 0.864. The fourth-order valence-electron chi connectivity index (χ4n) is 2.13. The highest BCUT2D eigenvalue weighted by Gasteiger charge is 2.16. The van der Waals surface area contributed by atoms with Crippen LogP contribution in [0, 0.1) is 13.8 Å². The van der Waals surface area contributed by atoms with E-state index in [0.29, 0.717) is 0 Å². The molecule has 1 aliphatic rings. The fourth-order valence-corrected chi connectivity index (χ4v) is 2.13. The summed E-state index contributed by atoms with van der Waals surface area (Å²) in [6.45, 7) is 6.04. The minimum absolute atomic E-state index is 0. The van der Waals surface area contributed by atoms with E-state index in [2.05, 4.69) is 17.6 Å². The summed E-state index contributed by atoms with van der Waals surface area (Å²) < 4.78 is 0. The molecule has 0 spiro atoms. The van der Waals surface area contributed by atoms with Crippen LogP contribution in [0.2, 0.25) is 0 Å². The van der Waals surface area contributed by atoms with Gasteiger partial charge in [-0.3, -0.25) is 4.79 Å². The second kappa shape index (κ2) is 6.76. The van der Waals surface area contributed by atoms with Crippen molar-refractivity contribution in [3.8, 4) is 0 Å². The lowest BCUT2D eigenvalue weighted by molar-refractivity contribution is 0.0930. The monoisotopic (exact) mass is 268 g/mol. The maximum Gasteiger partial charge on any atom is 0.251 e. The lowest BCUT2D eigenvalue weighted by Crippen LogP contribution is -2.45. The molecular formula is C14H21ClN2O. The Labute approximate surface area is 115 Å². The molecule has 2 rings (SSSR count). The lowest BCUT2D eigenvalue weighted by Gasteiger charge is -2.23. The average molecular weight is 269 g/mol. The van der Waals surface area contributed by atoms with Crippen LogP contribution in [-0.4, -0.2) is 25.0 Å². The third-order valence-corrected chi connectivity index (χ3v) is 3.40. The molecule has 0 aromatic heterocycles. The maximum atomic E-state index is 12.0. The molecule has 0 aliphatic carbocycles. The number of carbonyl (C=O) groups excluding carboxylic acids is 1. The molecule has 0 radical (unpaired) electrons. The minimum atomic E-state index is 0. The van der Waals surface area contributed by atoms with Gasteiger partial charge in [0.2, 0.25) is 0 Å². The Morgan fingerprint density at radius 3 is 2.72 bits per heavy atom. The molecule has 1 aliphatic heterocycles. The van der Waals surface area contributed by atoms with Crippen LogP contribution in [0.25, 0.3) is 0 Å². The Morgan fingerprint density at radius 1 is 1.33 bits per heavy atom. The number of benzene rings is 1. The smallest absolute Gasteiger partial charge is 0.251 e. The van der Waals surface area contributed by atoms with E-state index >= 15 is 0 Å². The van der Waals surface area contributed by atoms with Crippen LogP contribution >= 0.6 is 12.4 Å². The van der Waals surface area contributed by atoms with E-state index in [-0.39, 0.29) is 24.4 Å². The second-order valence-electron chi connectivity index (χ2n) is 4.82. The van der Waals surface area contributed by atoms with Crippen molar-refractivity contribution in [2.75, 3.05) is 13.1 Å². The zero-order valence-electron chi connectivity index (χ0n) is 11.0. The van der Waals surface area contributed by atoms with Gasteiger partial charge in [-0.2, -0.15) is 0 Å². The second-order valence-corrected chi connectivity index (χ2v) is 4.82. The highest BCUT2D eigenvalue weighted by Crippen LogP contribution is 2.10. The van der Waals surface area contributed by atoms with E-state index in [1.807, 2.05) is 25.1 Å². The third-order valence-electron chi connectivity index (χ3n) is 3.40. The average Bonchev–Trinajstić information content (AvgIpc) is 2.34. The van der Waals surface area contributed by atoms with E-state index in [1.165, 1.54) is 11.1 Å². The van der Waals surface area contributed by atoms with Crippen LogP contribution in [0.15, 0.2) is 18.2 Å². The molecule has 1 heterocycles. The predicted octanol–water partition coefficient (Wildman–Crippen LogP) is 2.21. The summed E-state index contributed by atoms with van der Waals surface area (Å²) in [5.41, 5.74) is 3.15. The van der Waals surface area contributed by atoms with Gasteiger partial charge in [0.15, 0.2) is 0 Å². The van der Waals surface area contributed by atoms with Gasteiger partial charge in [-0.15, -0.1) is 12.4 Å². The SMILES string of the molecule is Cc1ccc(C(=O)NC2CCCNC2)cc1C.Cl. The zero-order valence-corrected chi connectivity index (χ0v) is 11.8. The van der Waals surface area contributed by atoms with Crippen molar-refractivity contribution in [3.05, 3.63) is 34.9 Å². The summed E-state index contributed by atoms with van der Waals surface area (Å²) in [5, 5.41) is 6.38. The number of amides is 1. The maximum absolute atomic E-state index is 12.0. The number of halogens is 1. The normalized spacial score (nSPS) is 18.9. The Bertz CT molecular complexity index is 414. The van der Waals surface area contributed by atoms with Gasteiger partial charge in [0.25, 0.3) is 5.91 Å². The summed E-state index contributed by atoms with van der Waals surface area (Å²) in [5.74, 6) is 0.0433. The van der Waals surface area contributed by atoms with Gasteiger partial charge in [0.1, 0.15) is 0 Å². The number of rotatable bonds is 2. The minimum Gasteiger partial charge on any atom is -0.348 e. The first-order valence-corrected chi connectivity index (χ1v) is 6.25. The Morgan fingerprint density at radius 2 is 2.11 bits per heavy atom. The third kappa shape index (κ3) is 3.72. The molecule has 1 aromatic carbocycles. The lowest BCUT2D eigenvalue weighted by atomic mass is 10.0. The van der Waals surface area contributed by atoms with Crippen molar-refractivity contribution in [2.45, 2.75) is 32.7 Å². The molecular weight excluding hydrogens is 248 g/mol. The van der Waals surface area contributed by atoms with Crippen molar-refractivity contribution in [2.24, 2.45) is 0 Å². The van der Waals surface area contributed by atoms with Crippen molar-refractivity contribution in [1.29, 1.82) is 0 Å². The van der Waals surface area contributed by atoms with Gasteiger partial charge in [0, 0.05) is 18.2 Å². The molecule has 1 atom stereocenters. The van der Waals surface area contributed by atoms with Crippen molar-refractivity contribution in [1.82, 2.24) is 10.6 Å². The number of nitrogens with one attached hydrogen (secondary N) is 2. The van der Waals surface area contributed by atoms with Crippen LogP contribution in [0.3, 0.4) is 0 Å². The molecule has 1 aromatic rings. The highest BCUT2D eigenvalue weighted by atomic mass is 35.5. The van der Waals surface area contributed by atoms with E-state index in [9.17, 15) is 4.79 Å². The molecule has 0 bridgehead atoms. The van der Waals surface area contributed by atoms with E-state index in [1.54, 1.807) is 0 Å². The first-order chi connectivity index (χ1) is 8.16. The van der Waals surface area contributed by atoms with Gasteiger partial charge in [-0.05, 0) is 56.5 Å². The number of aryl methyl sites for hydroxylation is 2. The van der Waals surface area contributed by atoms with Crippen LogP contribution in [0.4, 0.5) is 0 Å². The topological polar surface area (TPSA) is 41.1 Å². The predicted molar refractivity (Wildman–Crippen MR) is 76.5 cm³/mol. The molecule has 1 unspecified atom stereocenters. The van der Waals surface area contributed by atoms with Crippen molar-refractivity contribution in [3.63, 3.8) is 0 Å². The largest absolute Gasteiger partial charge is 0.348 e. The molecule has 1 fully saturated rings. The van der Waals surface area contributed by atoms with Crippen molar-refractivity contribution < 1.29 is 4.79 Å². The molecule has 1 saturated heterocycles. The van der Waals surface area contributed by atoms with Crippen molar-refractivity contribution >= 4 is 18.3 Å². The summed E-state index contributed by atoms with van der Waals surface area (Å²) in [4.78, 5) is 12.0. The van der Waals surface area contributed by atoms with E-state index in [4.69, 9.17) is 0 Å². The number of piperidine rings is 1. The summed E-state index contributed by atoms with van der Waals surface area (Å²) in [6.07, 6.45) is 2.21. The fraction of sp³-hybridized carbons (Fsp3) is 0.500. The standard InChI is InChI=1S/C14H20N2O.ClH/c1-10-5-6-12(8-11(10)2)14(17)16-13-4-3-7-15-9-13;/h5-6,8,13,15H,3-4,7,9H2,1-2H3,(H,16,17);1H. The number of hydrogen-bond donors (Lipinski definition) is 2. The molecule has 0 saturated carbocycles. The van der Waals surface area contributed by atoms with Crippen LogP contribution < -0.4 is 10.6 Å².